The molecule has 39 heavy (non-hydrogen) atoms. The Labute approximate surface area is 228 Å². The van der Waals surface area contributed by atoms with E-state index >= 15 is 0 Å². The topological polar surface area (TPSA) is 136 Å². The highest BCUT2D eigenvalue weighted by atomic mass is 31.2. The minimum Gasteiger partial charge on any atom is -0.463 e. The fourth-order valence-electron chi connectivity index (χ4n) is 4.64. The maximum absolute atomic E-state index is 14.0. The molecule has 3 aliphatic heterocycles. The molecule has 3 heterocycles. The summed E-state index contributed by atoms with van der Waals surface area (Å²) in [6.45, 7) is 8.54. The summed E-state index contributed by atoms with van der Waals surface area (Å²) in [4.78, 5) is 26.0. The van der Waals surface area contributed by atoms with Crippen LogP contribution in [0.2, 0.25) is 0 Å². The molecule has 214 valence electrons. The van der Waals surface area contributed by atoms with E-state index < -0.39 is 55.7 Å². The summed E-state index contributed by atoms with van der Waals surface area (Å²) in [7, 11) is -3.87. The van der Waals surface area contributed by atoms with Crippen LogP contribution in [0.1, 0.15) is 41.0 Å². The molecule has 0 bridgehead atoms. The van der Waals surface area contributed by atoms with Gasteiger partial charge in [0.15, 0.2) is 12.0 Å². The number of hydrogen-bond acceptors (Lipinski definition) is 10. The van der Waals surface area contributed by atoms with Gasteiger partial charge in [-0.25, -0.2) is 4.57 Å². The molecule has 2 saturated heterocycles. The van der Waals surface area contributed by atoms with Crippen LogP contribution in [-0.4, -0.2) is 66.0 Å². The molecule has 4 rings (SSSR count). The molecule has 0 spiro atoms. The predicted molar refractivity (Wildman–Crippen MR) is 141 cm³/mol. The van der Waals surface area contributed by atoms with Gasteiger partial charge >= 0.3 is 13.6 Å². The number of carbonyl (C=O) groups is 2. The minimum atomic E-state index is -3.87. The van der Waals surface area contributed by atoms with E-state index in [1.165, 1.54) is 0 Å². The van der Waals surface area contributed by atoms with E-state index in [0.29, 0.717) is 17.7 Å². The standard InChI is InChI=1S/C27H37N2O9P/c1-17(2)34-26(31)18(3)16-39(32,38-20-11-7-6-8-12-20)33-15-21-22-23(37-27(4,5)36-22)25(35-21)29-13-9-10-19(14-29)24(28)30/h6-9,11-14,17-18,21-23,25H,10,15-16H2,1-5H3,(H2,28,30)/t18-,21?,22-,23-,25-,39?/m1/s1. The molecule has 0 saturated carbocycles. The molecule has 0 aromatic heterocycles. The van der Waals surface area contributed by atoms with Crippen molar-refractivity contribution in [1.82, 2.24) is 4.90 Å². The lowest BCUT2D eigenvalue weighted by Gasteiger charge is -2.31. The van der Waals surface area contributed by atoms with Crippen LogP contribution in [0.15, 0.2) is 54.4 Å². The Kier molecular flexibility index (Phi) is 8.88. The first-order chi connectivity index (χ1) is 18.4. The van der Waals surface area contributed by atoms with Crippen LogP contribution in [0.3, 0.4) is 0 Å². The van der Waals surface area contributed by atoms with Crippen molar-refractivity contribution in [2.45, 2.75) is 77.5 Å². The lowest BCUT2D eigenvalue weighted by atomic mass is 10.1. The zero-order valence-corrected chi connectivity index (χ0v) is 23.7. The van der Waals surface area contributed by atoms with Crippen LogP contribution in [0.4, 0.5) is 0 Å². The predicted octanol–water partition coefficient (Wildman–Crippen LogP) is 3.70. The number of primary amides is 1. The van der Waals surface area contributed by atoms with Gasteiger partial charge in [0.25, 0.3) is 0 Å². The summed E-state index contributed by atoms with van der Waals surface area (Å²) in [6, 6.07) is 8.62. The summed E-state index contributed by atoms with van der Waals surface area (Å²) in [5.41, 5.74) is 5.92. The molecule has 11 nitrogen and oxygen atoms in total. The third-order valence-corrected chi connectivity index (χ3v) is 8.36. The molecule has 1 aromatic rings. The Morgan fingerprint density at radius 3 is 2.51 bits per heavy atom. The second kappa shape index (κ2) is 11.8. The number of ether oxygens (including phenoxy) is 4. The number of rotatable bonds is 11. The van der Waals surface area contributed by atoms with Crippen molar-refractivity contribution in [2.24, 2.45) is 11.7 Å². The maximum atomic E-state index is 14.0. The van der Waals surface area contributed by atoms with Gasteiger partial charge < -0.3 is 34.1 Å². The minimum absolute atomic E-state index is 0.156. The Morgan fingerprint density at radius 1 is 1.15 bits per heavy atom. The van der Waals surface area contributed by atoms with Gasteiger partial charge in [0.2, 0.25) is 5.91 Å². The number of nitrogens with two attached hydrogens (primary N) is 1. The van der Waals surface area contributed by atoms with E-state index in [1.54, 1.807) is 82.3 Å². The third-order valence-electron chi connectivity index (χ3n) is 6.33. The number of nitrogens with zero attached hydrogens (tertiary/aromatic N) is 1. The van der Waals surface area contributed by atoms with Crippen LogP contribution >= 0.6 is 7.60 Å². The van der Waals surface area contributed by atoms with Gasteiger partial charge in [-0.3, -0.25) is 14.1 Å². The number of esters is 1. The Bertz CT molecular complexity index is 1150. The first kappa shape index (κ1) is 29.3. The van der Waals surface area contributed by atoms with Gasteiger partial charge in [-0.2, -0.15) is 0 Å². The van der Waals surface area contributed by atoms with Gasteiger partial charge in [0.05, 0.1) is 24.8 Å². The SMILES string of the molecule is CC(C)OC(=O)[C@H](C)CP(=O)(OCC1O[C@@H](N2C=CCC(C(N)=O)=C2)[C@@H]2OC(C)(C)O[C@H]12)Oc1ccccc1. The zero-order valence-electron chi connectivity index (χ0n) is 22.9. The molecule has 2 unspecified atom stereocenters. The van der Waals surface area contributed by atoms with Crippen LogP contribution in [0.25, 0.3) is 0 Å². The second-order valence-electron chi connectivity index (χ2n) is 10.6. The highest BCUT2D eigenvalue weighted by Crippen LogP contribution is 2.51. The molecule has 0 radical (unpaired) electrons. The smallest absolute Gasteiger partial charge is 0.380 e. The number of fused-ring (bicyclic) bond motifs is 1. The summed E-state index contributed by atoms with van der Waals surface area (Å²) in [5, 5.41) is 0. The largest absolute Gasteiger partial charge is 0.463 e. The Hall–Kier alpha value is -2.69. The summed E-state index contributed by atoms with van der Waals surface area (Å²) in [6.07, 6.45) is 2.72. The number of carbonyl (C=O) groups excluding carboxylic acids is 2. The second-order valence-corrected chi connectivity index (χ2v) is 12.6. The van der Waals surface area contributed by atoms with Gasteiger partial charge in [0, 0.05) is 18.0 Å². The number of hydrogen-bond donors (Lipinski definition) is 1. The molecule has 12 heteroatoms. The van der Waals surface area contributed by atoms with Crippen LogP contribution in [0, 0.1) is 5.92 Å². The van der Waals surface area contributed by atoms with Crippen LogP contribution in [0.5, 0.6) is 5.75 Å². The summed E-state index contributed by atoms with van der Waals surface area (Å²) >= 11 is 0. The van der Waals surface area contributed by atoms with E-state index in [2.05, 4.69) is 0 Å². The lowest BCUT2D eigenvalue weighted by Crippen LogP contribution is -2.40. The van der Waals surface area contributed by atoms with Gasteiger partial charge in [0.1, 0.15) is 24.1 Å². The number of amides is 1. The van der Waals surface area contributed by atoms with Crippen molar-refractivity contribution >= 4 is 19.5 Å². The van der Waals surface area contributed by atoms with Crippen molar-refractivity contribution in [1.29, 1.82) is 0 Å². The fraction of sp³-hybridized carbons (Fsp3) is 0.556. The molecular formula is C27H37N2O9P. The van der Waals surface area contributed by atoms with E-state index in [-0.39, 0.29) is 18.9 Å². The molecule has 2 N–H and O–H groups in total. The molecule has 1 amide bonds. The highest BCUT2D eigenvalue weighted by molar-refractivity contribution is 7.54. The maximum Gasteiger partial charge on any atom is 0.380 e. The van der Waals surface area contributed by atoms with Crippen molar-refractivity contribution in [3.63, 3.8) is 0 Å². The molecule has 2 fully saturated rings. The zero-order chi connectivity index (χ0) is 28.4. The summed E-state index contributed by atoms with van der Waals surface area (Å²) in [5.74, 6) is -2.31. The summed E-state index contributed by atoms with van der Waals surface area (Å²) < 4.78 is 49.6. The molecule has 6 atom stereocenters. The van der Waals surface area contributed by atoms with E-state index in [4.69, 9.17) is 33.7 Å². The van der Waals surface area contributed by atoms with E-state index in [9.17, 15) is 14.2 Å². The number of allylic oxidation sites excluding steroid dienone is 1. The van der Waals surface area contributed by atoms with E-state index in [0.717, 1.165) is 0 Å². The monoisotopic (exact) mass is 564 g/mol. The van der Waals surface area contributed by atoms with Gasteiger partial charge in [-0.05, 0) is 46.2 Å². The van der Waals surface area contributed by atoms with Gasteiger partial charge in [-0.1, -0.05) is 31.2 Å². The Morgan fingerprint density at radius 2 is 1.85 bits per heavy atom. The highest BCUT2D eigenvalue weighted by Gasteiger charge is 2.57. The van der Waals surface area contributed by atoms with Crippen LogP contribution < -0.4 is 10.3 Å². The van der Waals surface area contributed by atoms with Gasteiger partial charge in [-0.15, -0.1) is 0 Å². The average molecular weight is 565 g/mol. The first-order valence-corrected chi connectivity index (χ1v) is 14.7. The molecule has 0 aliphatic carbocycles. The van der Waals surface area contributed by atoms with Crippen molar-refractivity contribution in [2.75, 3.05) is 12.8 Å². The fourth-order valence-corrected chi connectivity index (χ4v) is 6.51. The normalized spacial score (nSPS) is 27.9. The van der Waals surface area contributed by atoms with Crippen LogP contribution in [-0.2, 0) is 37.6 Å². The third kappa shape index (κ3) is 7.29. The number of benzene rings is 1. The number of para-hydroxylation sites is 1. The Balaban J connectivity index is 1.52. The first-order valence-electron chi connectivity index (χ1n) is 13.0. The van der Waals surface area contributed by atoms with E-state index in [1.807, 2.05) is 6.08 Å². The van der Waals surface area contributed by atoms with Crippen molar-refractivity contribution < 1.29 is 42.1 Å². The molecule has 1 aromatic carbocycles. The van der Waals surface area contributed by atoms with Crippen molar-refractivity contribution in [3.05, 3.63) is 54.4 Å². The lowest BCUT2D eigenvalue weighted by molar-refractivity contribution is -0.201. The average Bonchev–Trinajstić information content (AvgIpc) is 3.35. The molecular weight excluding hydrogens is 527 g/mol. The molecule has 3 aliphatic rings. The quantitative estimate of drug-likeness (QED) is 0.313. The van der Waals surface area contributed by atoms with Crippen molar-refractivity contribution in [3.8, 4) is 5.75 Å².